The van der Waals surface area contributed by atoms with Gasteiger partial charge in [-0.25, -0.2) is 4.98 Å². The van der Waals surface area contributed by atoms with Crippen LogP contribution in [0.25, 0.3) is 11.0 Å². The standard InChI is InChI=1S/C13H16ClN3O/c1-9-15-11-8-10(4-5-12(11)16(9)2)17(3)13(18)6-7-14/h4-5,8H,6-7H2,1-3H3. The number of carbonyl (C=O) groups is 1. The van der Waals surface area contributed by atoms with E-state index in [1.165, 1.54) is 0 Å². The lowest BCUT2D eigenvalue weighted by Gasteiger charge is -2.16. The van der Waals surface area contributed by atoms with Gasteiger partial charge in [-0.1, -0.05) is 0 Å². The largest absolute Gasteiger partial charge is 0.331 e. The first-order valence-corrected chi connectivity index (χ1v) is 6.33. The number of benzene rings is 1. The van der Waals surface area contributed by atoms with Gasteiger partial charge in [0.15, 0.2) is 0 Å². The van der Waals surface area contributed by atoms with Gasteiger partial charge >= 0.3 is 0 Å². The monoisotopic (exact) mass is 265 g/mol. The zero-order chi connectivity index (χ0) is 13.3. The Morgan fingerprint density at radius 2 is 2.22 bits per heavy atom. The number of aromatic nitrogens is 2. The maximum Gasteiger partial charge on any atom is 0.227 e. The van der Waals surface area contributed by atoms with Gasteiger partial charge in [0.2, 0.25) is 5.91 Å². The fourth-order valence-corrected chi connectivity index (χ4v) is 2.07. The Bertz CT molecular complexity index is 591. The molecule has 4 nitrogen and oxygen atoms in total. The molecule has 0 saturated carbocycles. The predicted octanol–water partition coefficient (Wildman–Crippen LogP) is 2.47. The molecule has 0 aliphatic heterocycles. The number of nitrogens with zero attached hydrogens (tertiary/aromatic N) is 3. The Kier molecular flexibility index (Phi) is 3.57. The minimum Gasteiger partial charge on any atom is -0.331 e. The van der Waals surface area contributed by atoms with Crippen LogP contribution in [0.2, 0.25) is 0 Å². The number of hydrogen-bond donors (Lipinski definition) is 0. The van der Waals surface area contributed by atoms with Crippen molar-refractivity contribution < 1.29 is 4.79 Å². The van der Waals surface area contributed by atoms with Gasteiger partial charge in [-0.05, 0) is 25.1 Å². The average molecular weight is 266 g/mol. The van der Waals surface area contributed by atoms with Crippen molar-refractivity contribution in [3.05, 3.63) is 24.0 Å². The maximum absolute atomic E-state index is 11.8. The minimum atomic E-state index is 0.0111. The van der Waals surface area contributed by atoms with Gasteiger partial charge in [0.25, 0.3) is 0 Å². The molecule has 96 valence electrons. The zero-order valence-corrected chi connectivity index (χ0v) is 11.5. The Morgan fingerprint density at radius 3 is 2.89 bits per heavy atom. The molecule has 0 fully saturated rings. The van der Waals surface area contributed by atoms with E-state index in [4.69, 9.17) is 11.6 Å². The molecular weight excluding hydrogens is 250 g/mol. The highest BCUT2D eigenvalue weighted by Crippen LogP contribution is 2.22. The van der Waals surface area contributed by atoms with Crippen molar-refractivity contribution in [1.29, 1.82) is 0 Å². The van der Waals surface area contributed by atoms with Crippen LogP contribution in [0.4, 0.5) is 5.69 Å². The van der Waals surface area contributed by atoms with E-state index in [1.807, 2.05) is 36.7 Å². The molecule has 0 atom stereocenters. The molecule has 2 aromatic rings. The first-order valence-electron chi connectivity index (χ1n) is 5.80. The average Bonchev–Trinajstić information content (AvgIpc) is 2.64. The molecule has 5 heteroatoms. The van der Waals surface area contributed by atoms with Crippen LogP contribution in [0, 0.1) is 6.92 Å². The molecule has 1 aromatic heterocycles. The van der Waals surface area contributed by atoms with Gasteiger partial charge in [0.1, 0.15) is 5.82 Å². The molecule has 0 aliphatic rings. The summed E-state index contributed by atoms with van der Waals surface area (Å²) in [5.41, 5.74) is 2.81. The van der Waals surface area contributed by atoms with E-state index < -0.39 is 0 Å². The van der Waals surface area contributed by atoms with E-state index in [0.29, 0.717) is 12.3 Å². The lowest BCUT2D eigenvalue weighted by molar-refractivity contribution is -0.117. The number of anilines is 1. The van der Waals surface area contributed by atoms with Gasteiger partial charge in [0, 0.05) is 32.1 Å². The Morgan fingerprint density at radius 1 is 1.50 bits per heavy atom. The third kappa shape index (κ3) is 2.20. The molecule has 0 saturated heterocycles. The summed E-state index contributed by atoms with van der Waals surface area (Å²) < 4.78 is 2.03. The van der Waals surface area contributed by atoms with Crippen LogP contribution >= 0.6 is 11.6 Å². The van der Waals surface area contributed by atoms with Crippen LogP contribution in [0.5, 0.6) is 0 Å². The van der Waals surface area contributed by atoms with Crippen LogP contribution in [-0.2, 0) is 11.8 Å². The van der Waals surface area contributed by atoms with E-state index in [-0.39, 0.29) is 5.91 Å². The van der Waals surface area contributed by atoms with Crippen molar-refractivity contribution in [1.82, 2.24) is 9.55 Å². The van der Waals surface area contributed by atoms with Crippen molar-refractivity contribution in [2.75, 3.05) is 17.8 Å². The summed E-state index contributed by atoms with van der Waals surface area (Å²) in [6.45, 7) is 1.96. The number of imidazole rings is 1. The van der Waals surface area contributed by atoms with Crippen molar-refractivity contribution >= 4 is 34.2 Å². The lowest BCUT2D eigenvalue weighted by Crippen LogP contribution is -2.26. The minimum absolute atomic E-state index is 0.0111. The number of hydrogen-bond acceptors (Lipinski definition) is 2. The molecule has 0 radical (unpaired) electrons. The molecular formula is C13H16ClN3O. The topological polar surface area (TPSA) is 38.1 Å². The number of rotatable bonds is 3. The summed E-state index contributed by atoms with van der Waals surface area (Å²) in [4.78, 5) is 17.8. The third-order valence-electron chi connectivity index (χ3n) is 3.16. The van der Waals surface area contributed by atoms with Crippen molar-refractivity contribution in [2.24, 2.45) is 7.05 Å². The van der Waals surface area contributed by atoms with Crippen molar-refractivity contribution in [3.8, 4) is 0 Å². The highest BCUT2D eigenvalue weighted by Gasteiger charge is 2.12. The number of halogens is 1. The molecule has 18 heavy (non-hydrogen) atoms. The molecule has 0 N–H and O–H groups in total. The number of carbonyl (C=O) groups excluding carboxylic acids is 1. The molecule has 0 spiro atoms. The van der Waals surface area contributed by atoms with Crippen molar-refractivity contribution in [3.63, 3.8) is 0 Å². The van der Waals surface area contributed by atoms with Gasteiger partial charge in [0.05, 0.1) is 11.0 Å². The summed E-state index contributed by atoms with van der Waals surface area (Å²) in [6, 6.07) is 5.83. The second kappa shape index (κ2) is 4.98. The summed E-state index contributed by atoms with van der Waals surface area (Å²) in [5.74, 6) is 1.31. The number of aryl methyl sites for hydroxylation is 2. The smallest absolute Gasteiger partial charge is 0.227 e. The first kappa shape index (κ1) is 12.9. The molecule has 0 aliphatic carbocycles. The number of alkyl halides is 1. The predicted molar refractivity (Wildman–Crippen MR) is 74.2 cm³/mol. The molecule has 2 rings (SSSR count). The van der Waals surface area contributed by atoms with E-state index in [0.717, 1.165) is 22.5 Å². The molecule has 1 aromatic carbocycles. The van der Waals surface area contributed by atoms with Crippen LogP contribution in [0.3, 0.4) is 0 Å². The van der Waals surface area contributed by atoms with Crippen LogP contribution in [0.15, 0.2) is 18.2 Å². The highest BCUT2D eigenvalue weighted by molar-refractivity contribution is 6.19. The first-order chi connectivity index (χ1) is 8.54. The number of fused-ring (bicyclic) bond motifs is 1. The molecule has 1 heterocycles. The highest BCUT2D eigenvalue weighted by atomic mass is 35.5. The summed E-state index contributed by atoms with van der Waals surface area (Å²) in [6.07, 6.45) is 0.345. The van der Waals surface area contributed by atoms with Gasteiger partial charge in [-0.2, -0.15) is 0 Å². The van der Waals surface area contributed by atoms with Crippen LogP contribution < -0.4 is 4.90 Å². The van der Waals surface area contributed by atoms with E-state index in [1.54, 1.807) is 11.9 Å². The van der Waals surface area contributed by atoms with E-state index in [9.17, 15) is 4.79 Å². The summed E-state index contributed by atoms with van der Waals surface area (Å²) >= 11 is 5.58. The SMILES string of the molecule is Cc1nc2cc(N(C)C(=O)CCCl)ccc2n1C. The van der Waals surface area contributed by atoms with Crippen LogP contribution in [0.1, 0.15) is 12.2 Å². The third-order valence-corrected chi connectivity index (χ3v) is 3.35. The van der Waals surface area contributed by atoms with Crippen molar-refractivity contribution in [2.45, 2.75) is 13.3 Å². The second-order valence-electron chi connectivity index (χ2n) is 4.28. The molecule has 0 bridgehead atoms. The van der Waals surface area contributed by atoms with E-state index >= 15 is 0 Å². The fraction of sp³-hybridized carbons (Fsp3) is 0.385. The van der Waals surface area contributed by atoms with Gasteiger partial charge in [-0.15, -0.1) is 11.6 Å². The Labute approximate surface area is 111 Å². The maximum atomic E-state index is 11.8. The second-order valence-corrected chi connectivity index (χ2v) is 4.66. The Balaban J connectivity index is 2.38. The normalized spacial score (nSPS) is 10.9. The van der Waals surface area contributed by atoms with Gasteiger partial charge < -0.3 is 9.47 Å². The quantitative estimate of drug-likeness (QED) is 0.800. The zero-order valence-electron chi connectivity index (χ0n) is 10.8. The fourth-order valence-electron chi connectivity index (χ4n) is 1.91. The van der Waals surface area contributed by atoms with E-state index in [2.05, 4.69) is 4.98 Å². The van der Waals surface area contributed by atoms with Gasteiger partial charge in [-0.3, -0.25) is 4.79 Å². The lowest BCUT2D eigenvalue weighted by atomic mass is 10.2. The Hall–Kier alpha value is -1.55. The number of amides is 1. The summed E-state index contributed by atoms with van der Waals surface area (Å²) in [5, 5.41) is 0. The molecule has 0 unspecified atom stereocenters. The summed E-state index contributed by atoms with van der Waals surface area (Å²) in [7, 11) is 3.73. The molecule has 1 amide bonds. The van der Waals surface area contributed by atoms with Crippen LogP contribution in [-0.4, -0.2) is 28.4 Å².